The number of amides is 1. The zero-order valence-electron chi connectivity index (χ0n) is 17.9. The molecule has 0 saturated carbocycles. The molecule has 1 heterocycles. The maximum Gasteiger partial charge on any atom is 0.361 e. The first kappa shape index (κ1) is 21.3. The van der Waals surface area contributed by atoms with Crippen LogP contribution in [0, 0.1) is 0 Å². The van der Waals surface area contributed by atoms with E-state index in [-0.39, 0.29) is 23.6 Å². The highest BCUT2D eigenvalue weighted by Gasteiger charge is 2.24. The van der Waals surface area contributed by atoms with Gasteiger partial charge in [0.15, 0.2) is 11.5 Å². The number of anilines is 1. The van der Waals surface area contributed by atoms with Crippen LogP contribution in [0.25, 0.3) is 22.8 Å². The van der Waals surface area contributed by atoms with E-state index in [4.69, 9.17) is 9.15 Å². The first-order chi connectivity index (χ1) is 14.2. The standard InChI is InChI=1S/C24H26N2O4/c1-6-29-23(28)20-21(17-8-7-9-19(14-17)25-15(2)27)30-22(26-20)16-10-12-18(13-11-16)24(3,4)5/h7-14H,6H2,1-5H3,(H,25,27). The maximum absolute atomic E-state index is 12.5. The van der Waals surface area contributed by atoms with E-state index in [1.807, 2.05) is 24.3 Å². The highest BCUT2D eigenvalue weighted by atomic mass is 16.5. The average molecular weight is 406 g/mol. The Morgan fingerprint density at radius 1 is 1.07 bits per heavy atom. The summed E-state index contributed by atoms with van der Waals surface area (Å²) in [5.74, 6) is -0.109. The molecule has 0 spiro atoms. The van der Waals surface area contributed by atoms with Gasteiger partial charge in [-0.05, 0) is 42.2 Å². The molecule has 0 aliphatic carbocycles. The summed E-state index contributed by atoms with van der Waals surface area (Å²) in [7, 11) is 0. The minimum Gasteiger partial charge on any atom is -0.461 e. The molecule has 0 fully saturated rings. The Kier molecular flexibility index (Phi) is 6.06. The van der Waals surface area contributed by atoms with Gasteiger partial charge >= 0.3 is 5.97 Å². The number of nitrogens with one attached hydrogen (secondary N) is 1. The predicted molar refractivity (Wildman–Crippen MR) is 116 cm³/mol. The summed E-state index contributed by atoms with van der Waals surface area (Å²) in [6, 6.07) is 15.0. The second-order valence-electron chi connectivity index (χ2n) is 8.01. The van der Waals surface area contributed by atoms with E-state index in [0.29, 0.717) is 22.9 Å². The van der Waals surface area contributed by atoms with E-state index in [1.165, 1.54) is 12.5 Å². The first-order valence-electron chi connectivity index (χ1n) is 9.86. The number of aromatic nitrogens is 1. The average Bonchev–Trinajstić information content (AvgIpc) is 3.13. The molecule has 0 unspecified atom stereocenters. The van der Waals surface area contributed by atoms with Crippen LogP contribution >= 0.6 is 0 Å². The number of ether oxygens (including phenoxy) is 1. The summed E-state index contributed by atoms with van der Waals surface area (Å²) in [5.41, 5.74) is 3.30. The van der Waals surface area contributed by atoms with Gasteiger partial charge in [0.25, 0.3) is 0 Å². The molecule has 156 valence electrons. The van der Waals surface area contributed by atoms with E-state index in [1.54, 1.807) is 31.2 Å². The van der Waals surface area contributed by atoms with Crippen molar-refractivity contribution in [1.29, 1.82) is 0 Å². The number of esters is 1. The normalized spacial score (nSPS) is 11.2. The molecule has 1 amide bonds. The number of rotatable bonds is 5. The van der Waals surface area contributed by atoms with Crippen molar-refractivity contribution in [3.05, 3.63) is 59.8 Å². The lowest BCUT2D eigenvalue weighted by Crippen LogP contribution is -2.10. The van der Waals surface area contributed by atoms with Gasteiger partial charge in [-0.2, -0.15) is 0 Å². The van der Waals surface area contributed by atoms with Crippen molar-refractivity contribution in [2.45, 2.75) is 40.0 Å². The van der Waals surface area contributed by atoms with Crippen LogP contribution in [0.15, 0.2) is 52.9 Å². The molecular formula is C24H26N2O4. The smallest absolute Gasteiger partial charge is 0.361 e. The second-order valence-corrected chi connectivity index (χ2v) is 8.01. The second kappa shape index (κ2) is 8.53. The molecule has 2 aromatic carbocycles. The van der Waals surface area contributed by atoms with Gasteiger partial charge in [0.05, 0.1) is 6.61 Å². The Labute approximate surface area is 176 Å². The third-order valence-electron chi connectivity index (χ3n) is 4.54. The summed E-state index contributed by atoms with van der Waals surface area (Å²) < 4.78 is 11.2. The minimum atomic E-state index is -0.557. The first-order valence-corrected chi connectivity index (χ1v) is 9.86. The van der Waals surface area contributed by atoms with Crippen LogP contribution < -0.4 is 5.32 Å². The van der Waals surface area contributed by atoms with Crippen molar-refractivity contribution in [3.63, 3.8) is 0 Å². The fourth-order valence-corrected chi connectivity index (χ4v) is 3.03. The van der Waals surface area contributed by atoms with Crippen molar-refractivity contribution in [2.75, 3.05) is 11.9 Å². The maximum atomic E-state index is 12.5. The van der Waals surface area contributed by atoms with Crippen LogP contribution in [-0.2, 0) is 14.9 Å². The molecule has 3 aromatic rings. The number of carbonyl (C=O) groups is 2. The zero-order valence-corrected chi connectivity index (χ0v) is 17.9. The highest BCUT2D eigenvalue weighted by molar-refractivity contribution is 5.95. The molecule has 1 aromatic heterocycles. The quantitative estimate of drug-likeness (QED) is 0.571. The summed E-state index contributed by atoms with van der Waals surface area (Å²) >= 11 is 0. The Morgan fingerprint density at radius 2 is 1.77 bits per heavy atom. The molecule has 1 N–H and O–H groups in total. The predicted octanol–water partition coefficient (Wildman–Crippen LogP) is 5.44. The molecule has 0 bridgehead atoms. The number of carbonyl (C=O) groups excluding carboxylic acids is 2. The largest absolute Gasteiger partial charge is 0.461 e. The van der Waals surface area contributed by atoms with Crippen LogP contribution in [0.4, 0.5) is 5.69 Å². The van der Waals surface area contributed by atoms with E-state index in [0.717, 1.165) is 5.56 Å². The van der Waals surface area contributed by atoms with Crippen LogP contribution in [0.3, 0.4) is 0 Å². The van der Waals surface area contributed by atoms with E-state index < -0.39 is 5.97 Å². The zero-order chi connectivity index (χ0) is 21.9. The Morgan fingerprint density at radius 3 is 2.37 bits per heavy atom. The van der Waals surface area contributed by atoms with Crippen molar-refractivity contribution in [3.8, 4) is 22.8 Å². The van der Waals surface area contributed by atoms with Gasteiger partial charge in [0.1, 0.15) is 0 Å². The van der Waals surface area contributed by atoms with Gasteiger partial charge in [0, 0.05) is 23.7 Å². The molecule has 30 heavy (non-hydrogen) atoms. The van der Waals surface area contributed by atoms with Crippen molar-refractivity contribution < 1.29 is 18.7 Å². The molecule has 0 aliphatic rings. The Hall–Kier alpha value is -3.41. The third-order valence-corrected chi connectivity index (χ3v) is 4.54. The SMILES string of the molecule is CCOC(=O)c1nc(-c2ccc(C(C)(C)C)cc2)oc1-c1cccc(NC(C)=O)c1. The lowest BCUT2D eigenvalue weighted by atomic mass is 9.87. The van der Waals surface area contributed by atoms with Gasteiger partial charge in [-0.15, -0.1) is 0 Å². The van der Waals surface area contributed by atoms with E-state index in [9.17, 15) is 9.59 Å². The molecule has 3 rings (SSSR count). The van der Waals surface area contributed by atoms with Gasteiger partial charge in [-0.3, -0.25) is 4.79 Å². The number of nitrogens with zero attached hydrogens (tertiary/aromatic N) is 1. The topological polar surface area (TPSA) is 81.4 Å². The Bertz CT molecular complexity index is 1060. The van der Waals surface area contributed by atoms with Crippen LogP contribution in [0.1, 0.15) is 50.7 Å². The fraction of sp³-hybridized carbons (Fsp3) is 0.292. The summed E-state index contributed by atoms with van der Waals surface area (Å²) in [6.07, 6.45) is 0. The number of oxazole rings is 1. The van der Waals surface area contributed by atoms with Crippen molar-refractivity contribution in [1.82, 2.24) is 4.98 Å². The van der Waals surface area contributed by atoms with Gasteiger partial charge in [-0.1, -0.05) is 45.0 Å². The van der Waals surface area contributed by atoms with Gasteiger partial charge < -0.3 is 14.5 Å². The van der Waals surface area contributed by atoms with E-state index in [2.05, 4.69) is 31.1 Å². The lowest BCUT2D eigenvalue weighted by Gasteiger charge is -2.18. The minimum absolute atomic E-state index is 0.0283. The number of hydrogen-bond donors (Lipinski definition) is 1. The number of hydrogen-bond acceptors (Lipinski definition) is 5. The van der Waals surface area contributed by atoms with E-state index >= 15 is 0 Å². The van der Waals surface area contributed by atoms with Crippen LogP contribution in [0.5, 0.6) is 0 Å². The molecule has 0 atom stereocenters. The van der Waals surface area contributed by atoms with Gasteiger partial charge in [0.2, 0.25) is 11.8 Å². The fourth-order valence-electron chi connectivity index (χ4n) is 3.03. The molecule has 0 aliphatic heterocycles. The molecule has 6 heteroatoms. The molecular weight excluding hydrogens is 380 g/mol. The molecule has 0 radical (unpaired) electrons. The molecule has 0 saturated heterocycles. The van der Waals surface area contributed by atoms with Crippen LogP contribution in [-0.4, -0.2) is 23.5 Å². The molecule has 6 nitrogen and oxygen atoms in total. The summed E-state index contributed by atoms with van der Waals surface area (Å²) in [5, 5.41) is 2.73. The van der Waals surface area contributed by atoms with Crippen LogP contribution in [0.2, 0.25) is 0 Å². The Balaban J connectivity index is 2.06. The third kappa shape index (κ3) is 4.76. The monoisotopic (exact) mass is 406 g/mol. The summed E-state index contributed by atoms with van der Waals surface area (Å²) in [6.45, 7) is 9.84. The van der Waals surface area contributed by atoms with Crippen molar-refractivity contribution in [2.24, 2.45) is 0 Å². The van der Waals surface area contributed by atoms with Gasteiger partial charge in [-0.25, -0.2) is 9.78 Å². The summed E-state index contributed by atoms with van der Waals surface area (Å²) in [4.78, 5) is 28.3. The highest BCUT2D eigenvalue weighted by Crippen LogP contribution is 2.33. The van der Waals surface area contributed by atoms with Crippen molar-refractivity contribution >= 4 is 17.6 Å². The lowest BCUT2D eigenvalue weighted by molar-refractivity contribution is -0.114. The number of benzene rings is 2.